The Kier molecular flexibility index (Phi) is 4.18. The van der Waals surface area contributed by atoms with Gasteiger partial charge in [-0.15, -0.1) is 11.3 Å². The van der Waals surface area contributed by atoms with Gasteiger partial charge in [0.05, 0.1) is 0 Å². The lowest BCUT2D eigenvalue weighted by Gasteiger charge is -2.12. The van der Waals surface area contributed by atoms with Crippen LogP contribution in [0.5, 0.6) is 0 Å². The summed E-state index contributed by atoms with van der Waals surface area (Å²) >= 11 is 1.63. The highest BCUT2D eigenvalue weighted by Crippen LogP contribution is 2.31. The molecule has 21 heavy (non-hydrogen) atoms. The van der Waals surface area contributed by atoms with Crippen molar-refractivity contribution in [1.29, 1.82) is 0 Å². The Morgan fingerprint density at radius 2 is 1.57 bits per heavy atom. The molecule has 0 aliphatic heterocycles. The first-order valence-electron chi connectivity index (χ1n) is 7.19. The van der Waals surface area contributed by atoms with Crippen molar-refractivity contribution in [2.75, 3.05) is 0 Å². The summed E-state index contributed by atoms with van der Waals surface area (Å²) < 4.78 is 0. The van der Waals surface area contributed by atoms with E-state index in [1.165, 1.54) is 16.7 Å². The van der Waals surface area contributed by atoms with Crippen LogP contribution >= 0.6 is 11.3 Å². The molecule has 1 heterocycles. The smallest absolute Gasteiger partial charge is 0.113 e. The molecule has 0 amide bonds. The molecule has 1 aromatic heterocycles. The van der Waals surface area contributed by atoms with Crippen molar-refractivity contribution in [3.63, 3.8) is 0 Å². The molecule has 1 atom stereocenters. The number of thiophene rings is 1. The molecule has 0 fully saturated rings. The number of aliphatic hydroxyl groups is 1. The molecule has 0 saturated heterocycles. The summed E-state index contributed by atoms with van der Waals surface area (Å²) in [6, 6.07) is 20.6. The van der Waals surface area contributed by atoms with Crippen molar-refractivity contribution in [3.8, 4) is 11.1 Å². The molecule has 0 aliphatic carbocycles. The first-order valence-corrected chi connectivity index (χ1v) is 8.07. The van der Waals surface area contributed by atoms with E-state index >= 15 is 0 Å². The predicted molar refractivity (Wildman–Crippen MR) is 89.6 cm³/mol. The van der Waals surface area contributed by atoms with E-state index in [0.717, 1.165) is 16.9 Å². The van der Waals surface area contributed by atoms with E-state index in [4.69, 9.17) is 0 Å². The highest BCUT2D eigenvalue weighted by Gasteiger charge is 2.15. The van der Waals surface area contributed by atoms with Crippen LogP contribution in [0.25, 0.3) is 11.1 Å². The summed E-state index contributed by atoms with van der Waals surface area (Å²) in [7, 11) is 0. The number of aryl methyl sites for hydroxylation is 1. The zero-order valence-corrected chi connectivity index (χ0v) is 12.8. The van der Waals surface area contributed by atoms with Crippen LogP contribution in [0.3, 0.4) is 0 Å². The third kappa shape index (κ3) is 2.92. The highest BCUT2D eigenvalue weighted by atomic mass is 32.1. The van der Waals surface area contributed by atoms with Gasteiger partial charge in [-0.3, -0.25) is 0 Å². The second-order valence-corrected chi connectivity index (χ2v) is 6.00. The summed E-state index contributed by atoms with van der Waals surface area (Å²) in [4.78, 5) is 1.06. The zero-order chi connectivity index (χ0) is 14.7. The fraction of sp³-hybridized carbons (Fsp3) is 0.158. The molecule has 0 saturated carbocycles. The molecule has 0 aliphatic rings. The van der Waals surface area contributed by atoms with Gasteiger partial charge in [-0.1, -0.05) is 61.5 Å². The van der Waals surface area contributed by atoms with Crippen molar-refractivity contribution in [2.24, 2.45) is 0 Å². The molecule has 1 nitrogen and oxygen atoms in total. The van der Waals surface area contributed by atoms with Crippen LogP contribution in [0, 0.1) is 0 Å². The lowest BCUT2D eigenvalue weighted by molar-refractivity contribution is 0.223. The maximum absolute atomic E-state index is 10.6. The molecule has 0 bridgehead atoms. The summed E-state index contributed by atoms with van der Waals surface area (Å²) in [6.07, 6.45) is 0.433. The molecule has 0 spiro atoms. The number of hydrogen-bond donors (Lipinski definition) is 1. The van der Waals surface area contributed by atoms with Crippen molar-refractivity contribution < 1.29 is 5.11 Å². The lowest BCUT2D eigenvalue weighted by Crippen LogP contribution is -1.99. The molecular weight excluding hydrogens is 276 g/mol. The van der Waals surface area contributed by atoms with Gasteiger partial charge >= 0.3 is 0 Å². The molecule has 0 radical (unpaired) electrons. The van der Waals surface area contributed by atoms with Crippen LogP contribution in [-0.4, -0.2) is 5.11 Å². The number of rotatable bonds is 4. The largest absolute Gasteiger partial charge is 0.383 e. The maximum Gasteiger partial charge on any atom is 0.113 e. The second kappa shape index (κ2) is 6.25. The lowest BCUT2D eigenvalue weighted by atomic mass is 10.00. The fourth-order valence-electron chi connectivity index (χ4n) is 2.52. The highest BCUT2D eigenvalue weighted by molar-refractivity contribution is 7.10. The molecule has 2 heteroatoms. The Hall–Kier alpha value is -1.90. The third-order valence-electron chi connectivity index (χ3n) is 3.74. The Morgan fingerprint density at radius 1 is 0.905 bits per heavy atom. The van der Waals surface area contributed by atoms with Crippen LogP contribution in [-0.2, 0) is 6.42 Å². The summed E-state index contributed by atoms with van der Waals surface area (Å²) in [6.45, 7) is 2.12. The molecule has 3 rings (SSSR count). The summed E-state index contributed by atoms with van der Waals surface area (Å²) in [5.74, 6) is 0. The van der Waals surface area contributed by atoms with Crippen molar-refractivity contribution >= 4 is 11.3 Å². The van der Waals surface area contributed by atoms with Crippen LogP contribution in [0.15, 0.2) is 66.0 Å². The van der Waals surface area contributed by atoms with E-state index in [1.807, 2.05) is 30.3 Å². The van der Waals surface area contributed by atoms with E-state index in [2.05, 4.69) is 42.6 Å². The minimum absolute atomic E-state index is 0.523. The monoisotopic (exact) mass is 294 g/mol. The Balaban J connectivity index is 1.87. The van der Waals surface area contributed by atoms with Gasteiger partial charge in [-0.25, -0.2) is 0 Å². The van der Waals surface area contributed by atoms with E-state index in [-0.39, 0.29) is 0 Å². The third-order valence-corrected chi connectivity index (χ3v) is 4.76. The predicted octanol–water partition coefficient (Wildman–Crippen LogP) is 5.06. The minimum Gasteiger partial charge on any atom is -0.383 e. The van der Waals surface area contributed by atoms with Gasteiger partial charge in [0.25, 0.3) is 0 Å². The maximum atomic E-state index is 10.6. The molecule has 1 N–H and O–H groups in total. The number of aliphatic hydroxyl groups excluding tert-OH is 1. The van der Waals surface area contributed by atoms with Gasteiger partial charge in [-0.05, 0) is 40.1 Å². The average Bonchev–Trinajstić information content (AvgIpc) is 3.04. The van der Waals surface area contributed by atoms with E-state index in [0.29, 0.717) is 0 Å². The minimum atomic E-state index is -0.523. The van der Waals surface area contributed by atoms with E-state index in [1.54, 1.807) is 11.3 Å². The van der Waals surface area contributed by atoms with Crippen LogP contribution in [0.2, 0.25) is 0 Å². The Bertz CT molecular complexity index is 698. The fourth-order valence-corrected chi connectivity index (χ4v) is 3.53. The van der Waals surface area contributed by atoms with Crippen LogP contribution < -0.4 is 0 Å². The van der Waals surface area contributed by atoms with Gasteiger partial charge in [0.1, 0.15) is 6.10 Å². The Labute approximate surface area is 129 Å². The molecule has 106 valence electrons. The standard InChI is InChI=1S/C19H18OS/c1-2-14-12-13-21-19(14)18(20)17-10-8-16(9-11-17)15-6-4-3-5-7-15/h3-13,18,20H,2H2,1H3. The topological polar surface area (TPSA) is 20.2 Å². The van der Waals surface area contributed by atoms with E-state index in [9.17, 15) is 5.11 Å². The zero-order valence-electron chi connectivity index (χ0n) is 12.0. The van der Waals surface area contributed by atoms with Crippen molar-refractivity contribution in [1.82, 2.24) is 0 Å². The molecule has 2 aromatic carbocycles. The first kappa shape index (κ1) is 14.1. The van der Waals surface area contributed by atoms with Crippen LogP contribution in [0.1, 0.15) is 29.0 Å². The number of benzene rings is 2. The summed E-state index contributed by atoms with van der Waals surface area (Å²) in [5.41, 5.74) is 4.56. The summed E-state index contributed by atoms with van der Waals surface area (Å²) in [5, 5.41) is 12.6. The molecular formula is C19H18OS. The van der Waals surface area contributed by atoms with Gasteiger partial charge in [0.2, 0.25) is 0 Å². The first-order chi connectivity index (χ1) is 10.3. The van der Waals surface area contributed by atoms with Crippen molar-refractivity contribution in [3.05, 3.63) is 82.0 Å². The molecule has 3 aromatic rings. The number of hydrogen-bond acceptors (Lipinski definition) is 2. The van der Waals surface area contributed by atoms with E-state index < -0.39 is 6.10 Å². The van der Waals surface area contributed by atoms with Gasteiger partial charge in [0.15, 0.2) is 0 Å². The SMILES string of the molecule is CCc1ccsc1C(O)c1ccc(-c2ccccc2)cc1. The van der Waals surface area contributed by atoms with Gasteiger partial charge in [-0.2, -0.15) is 0 Å². The molecule has 1 unspecified atom stereocenters. The average molecular weight is 294 g/mol. The normalized spacial score (nSPS) is 12.3. The van der Waals surface area contributed by atoms with Gasteiger partial charge < -0.3 is 5.11 Å². The van der Waals surface area contributed by atoms with Crippen LogP contribution in [0.4, 0.5) is 0 Å². The Morgan fingerprint density at radius 3 is 2.24 bits per heavy atom. The van der Waals surface area contributed by atoms with Crippen molar-refractivity contribution in [2.45, 2.75) is 19.4 Å². The second-order valence-electron chi connectivity index (χ2n) is 5.05. The van der Waals surface area contributed by atoms with Gasteiger partial charge in [0, 0.05) is 4.88 Å². The quantitative estimate of drug-likeness (QED) is 0.713.